The lowest BCUT2D eigenvalue weighted by atomic mass is 9.71. The highest BCUT2D eigenvalue weighted by Gasteiger charge is 2.57. The van der Waals surface area contributed by atoms with E-state index < -0.39 is 17.6 Å². The maximum atomic E-state index is 12.3. The highest BCUT2D eigenvalue weighted by Crippen LogP contribution is 2.44. The third-order valence-corrected chi connectivity index (χ3v) is 9.69. The number of fused-ring (bicyclic) bond motifs is 1. The topological polar surface area (TPSA) is 132 Å². The van der Waals surface area contributed by atoms with E-state index in [9.17, 15) is 25.3 Å². The molecule has 5 N–H and O–H groups in total. The smallest absolute Gasteiger partial charge is 0.158 e. The average molecular weight is 619 g/mol. The molecule has 7 atom stereocenters. The summed E-state index contributed by atoms with van der Waals surface area (Å²) in [6.45, 7) is 7.88. The Bertz CT molecular complexity index is 1060. The van der Waals surface area contributed by atoms with E-state index in [1.165, 1.54) is 37.7 Å². The van der Waals surface area contributed by atoms with Crippen molar-refractivity contribution in [3.8, 4) is 0 Å². The number of hydrogen-bond acceptors (Lipinski definition) is 8. The fourth-order valence-corrected chi connectivity index (χ4v) is 7.12. The summed E-state index contributed by atoms with van der Waals surface area (Å²) in [6.07, 6.45) is 19.4. The van der Waals surface area contributed by atoms with Crippen LogP contribution in [-0.2, 0) is 9.53 Å². The molecule has 3 unspecified atom stereocenters. The number of nitrogens with one attached hydrogen (secondary N) is 1. The summed E-state index contributed by atoms with van der Waals surface area (Å²) >= 11 is 0. The molecule has 2 aliphatic carbocycles. The van der Waals surface area contributed by atoms with Crippen LogP contribution in [0.2, 0.25) is 0 Å². The largest absolute Gasteiger partial charge is 0.411 e. The van der Waals surface area contributed by atoms with E-state index in [0.29, 0.717) is 23.5 Å². The Labute approximate surface area is 260 Å². The lowest BCUT2D eigenvalue weighted by Gasteiger charge is -2.38. The van der Waals surface area contributed by atoms with Crippen LogP contribution < -0.4 is 5.32 Å². The Balaban J connectivity index is 1.36. The van der Waals surface area contributed by atoms with Gasteiger partial charge in [-0.05, 0) is 101 Å². The second-order valence-corrected chi connectivity index (χ2v) is 13.5. The molecule has 1 saturated heterocycles. The number of nitrogens with zero attached hydrogens (tertiary/aromatic N) is 1. The first kappa shape index (κ1) is 35.8. The minimum Gasteiger partial charge on any atom is -0.411 e. The summed E-state index contributed by atoms with van der Waals surface area (Å²) in [4.78, 5) is 12.3. The quantitative estimate of drug-likeness (QED) is 0.0527. The van der Waals surface area contributed by atoms with E-state index in [1.807, 2.05) is 6.08 Å². The first-order chi connectivity index (χ1) is 20.6. The average Bonchev–Trinajstić information content (AvgIpc) is 3.31. The van der Waals surface area contributed by atoms with Gasteiger partial charge in [0.05, 0.1) is 24.7 Å². The van der Waals surface area contributed by atoms with Crippen LogP contribution in [0.3, 0.4) is 0 Å². The Kier molecular flexibility index (Phi) is 14.8. The minimum absolute atomic E-state index is 0.143. The molecule has 0 aromatic heterocycles. The van der Waals surface area contributed by atoms with Crippen LogP contribution in [0, 0.1) is 17.8 Å². The van der Waals surface area contributed by atoms with Gasteiger partial charge in [-0.1, -0.05) is 76.5 Å². The van der Waals surface area contributed by atoms with Crippen LogP contribution in [0.15, 0.2) is 52.3 Å². The second kappa shape index (κ2) is 17.7. The molecule has 9 heteroatoms. The van der Waals surface area contributed by atoms with Gasteiger partial charge in [0, 0.05) is 0 Å². The highest BCUT2D eigenvalue weighted by molar-refractivity contribution is 7.40. The van der Waals surface area contributed by atoms with Crippen molar-refractivity contribution in [3.63, 3.8) is 0 Å². The highest BCUT2D eigenvalue weighted by atomic mass is 31.0. The number of ether oxygens (including phenoxy) is 1. The zero-order valence-electron chi connectivity index (χ0n) is 26.4. The van der Waals surface area contributed by atoms with Crippen molar-refractivity contribution in [1.29, 1.82) is 0 Å². The van der Waals surface area contributed by atoms with E-state index >= 15 is 0 Å². The molecule has 43 heavy (non-hydrogen) atoms. The summed E-state index contributed by atoms with van der Waals surface area (Å²) in [7, 11) is 2.14. The molecule has 1 aliphatic heterocycles. The van der Waals surface area contributed by atoms with Crippen molar-refractivity contribution in [2.24, 2.45) is 22.9 Å². The van der Waals surface area contributed by atoms with Crippen molar-refractivity contribution >= 4 is 20.5 Å². The first-order valence-corrected chi connectivity index (χ1v) is 16.8. The van der Waals surface area contributed by atoms with Gasteiger partial charge in [-0.15, -0.1) is 0 Å². The second-order valence-electron chi connectivity index (χ2n) is 12.9. The number of oxime groups is 1. The molecule has 8 nitrogen and oxygen atoms in total. The SMILES string of the molecule is CC1=CC(C(=O)P)[C@]2(O)/C(=C/C=C/[C@H](C)C/C(C)=C/C[C@@H](O)CCCNCCCC(O)C3CCCCC3)CO[C@@H]2/C1=N/O. The fourth-order valence-electron chi connectivity index (χ4n) is 6.77. The van der Waals surface area contributed by atoms with Crippen LogP contribution in [-0.4, -0.2) is 75.4 Å². The molecule has 0 radical (unpaired) electrons. The van der Waals surface area contributed by atoms with Gasteiger partial charge >= 0.3 is 0 Å². The van der Waals surface area contributed by atoms with Gasteiger partial charge in [-0.2, -0.15) is 0 Å². The van der Waals surface area contributed by atoms with Crippen molar-refractivity contribution in [3.05, 3.63) is 47.1 Å². The number of carbonyl (C=O) groups is 1. The van der Waals surface area contributed by atoms with Crippen LogP contribution in [0.25, 0.3) is 0 Å². The zero-order chi connectivity index (χ0) is 31.4. The third kappa shape index (κ3) is 10.2. The first-order valence-electron chi connectivity index (χ1n) is 16.2. The van der Waals surface area contributed by atoms with Crippen molar-refractivity contribution in [2.75, 3.05) is 19.7 Å². The Morgan fingerprint density at radius 1 is 1.21 bits per heavy atom. The Morgan fingerprint density at radius 3 is 2.58 bits per heavy atom. The lowest BCUT2D eigenvalue weighted by Crippen LogP contribution is -2.54. The van der Waals surface area contributed by atoms with Gasteiger partial charge in [0.15, 0.2) is 5.52 Å². The van der Waals surface area contributed by atoms with E-state index in [2.05, 4.69) is 45.7 Å². The molecule has 3 rings (SSSR count). The number of allylic oxidation sites excluding steroid dienone is 4. The molecule has 2 fully saturated rings. The minimum atomic E-state index is -1.59. The molecule has 242 valence electrons. The Hall–Kier alpha value is -1.67. The predicted octanol–water partition coefficient (Wildman–Crippen LogP) is 5.22. The van der Waals surface area contributed by atoms with Gasteiger partial charge in [0.2, 0.25) is 0 Å². The fraction of sp³-hybridized carbons (Fsp3) is 0.706. The van der Waals surface area contributed by atoms with Gasteiger partial charge < -0.3 is 30.6 Å². The summed E-state index contributed by atoms with van der Waals surface area (Å²) in [5.74, 6) is -0.0613. The van der Waals surface area contributed by atoms with E-state index in [4.69, 9.17) is 4.74 Å². The van der Waals surface area contributed by atoms with Crippen LogP contribution >= 0.6 is 9.24 Å². The number of hydrogen-bond donors (Lipinski definition) is 5. The van der Waals surface area contributed by atoms with Gasteiger partial charge in [0.1, 0.15) is 17.4 Å². The summed E-state index contributed by atoms with van der Waals surface area (Å²) in [5.41, 5.74) is 0.805. The van der Waals surface area contributed by atoms with E-state index in [1.54, 1.807) is 19.1 Å². The normalized spacial score (nSPS) is 29.2. The van der Waals surface area contributed by atoms with Crippen molar-refractivity contribution in [2.45, 2.75) is 115 Å². The summed E-state index contributed by atoms with van der Waals surface area (Å²) in [5, 5.41) is 48.7. The van der Waals surface area contributed by atoms with Crippen LogP contribution in [0.5, 0.6) is 0 Å². The molecule has 1 saturated carbocycles. The molecule has 0 spiro atoms. The maximum Gasteiger partial charge on any atom is 0.158 e. The van der Waals surface area contributed by atoms with Crippen molar-refractivity contribution < 1.29 is 30.1 Å². The molecule has 3 aliphatic rings. The summed E-state index contributed by atoms with van der Waals surface area (Å²) in [6, 6.07) is 0. The predicted molar refractivity (Wildman–Crippen MR) is 175 cm³/mol. The lowest BCUT2D eigenvalue weighted by molar-refractivity contribution is -0.121. The maximum absolute atomic E-state index is 12.3. The standard InChI is InChI=1S/C34H55N2O6P/c1-23(10-7-13-27-22-42-32-31(36-41)25(3)21-29(33(39)43)34(27,32)40)20-24(2)16-17-28(37)14-8-18-35-19-9-15-30(38)26-11-5-4-6-12-26/h7,10,13,16,21,23,26,28-30,32,35,37-38,40-41H,4-6,8-9,11-12,14-15,17-20,22,43H2,1-3H3/b10-7+,24-16+,27-13+,36-31+/t23-,28-,29?,30?,32+,34+/m0/s1. The van der Waals surface area contributed by atoms with Crippen LogP contribution in [0.1, 0.15) is 91.4 Å². The van der Waals surface area contributed by atoms with E-state index in [0.717, 1.165) is 45.2 Å². The Morgan fingerprint density at radius 2 is 1.91 bits per heavy atom. The molecule has 0 amide bonds. The van der Waals surface area contributed by atoms with Gasteiger partial charge in [-0.3, -0.25) is 4.79 Å². The van der Waals surface area contributed by atoms with Crippen LogP contribution in [0.4, 0.5) is 0 Å². The molecule has 0 bridgehead atoms. The number of aliphatic hydroxyl groups is 3. The summed E-state index contributed by atoms with van der Waals surface area (Å²) < 4.78 is 5.79. The van der Waals surface area contributed by atoms with Gasteiger partial charge in [0.25, 0.3) is 0 Å². The molecule has 0 aromatic rings. The van der Waals surface area contributed by atoms with Gasteiger partial charge in [-0.25, -0.2) is 0 Å². The molecular weight excluding hydrogens is 563 g/mol. The third-order valence-electron chi connectivity index (χ3n) is 9.33. The van der Waals surface area contributed by atoms with E-state index in [-0.39, 0.29) is 36.0 Å². The number of carbonyl (C=O) groups excluding carboxylic acids is 1. The molecule has 0 aromatic carbocycles. The van der Waals surface area contributed by atoms with Crippen molar-refractivity contribution in [1.82, 2.24) is 5.32 Å². The zero-order valence-corrected chi connectivity index (χ0v) is 27.5. The monoisotopic (exact) mass is 618 g/mol. The molecular formula is C34H55N2O6P. The number of rotatable bonds is 16. The number of aliphatic hydroxyl groups excluding tert-OH is 2. The molecule has 1 heterocycles.